The van der Waals surface area contributed by atoms with Crippen molar-refractivity contribution in [1.82, 2.24) is 10.3 Å². The van der Waals surface area contributed by atoms with Crippen LogP contribution in [-0.2, 0) is 6.54 Å². The second-order valence-electron chi connectivity index (χ2n) is 5.03. The van der Waals surface area contributed by atoms with Crippen molar-refractivity contribution in [1.29, 1.82) is 0 Å². The molecule has 0 aliphatic carbocycles. The highest BCUT2D eigenvalue weighted by Gasteiger charge is 2.03. The van der Waals surface area contributed by atoms with Crippen molar-refractivity contribution in [3.63, 3.8) is 0 Å². The molecule has 0 aliphatic heterocycles. The van der Waals surface area contributed by atoms with Crippen LogP contribution < -0.4 is 10.1 Å². The van der Waals surface area contributed by atoms with Crippen molar-refractivity contribution >= 4 is 0 Å². The van der Waals surface area contributed by atoms with Gasteiger partial charge in [-0.2, -0.15) is 0 Å². The van der Waals surface area contributed by atoms with Gasteiger partial charge in [0.1, 0.15) is 11.5 Å². The Morgan fingerprint density at radius 2 is 2.00 bits per heavy atom. The zero-order valence-electron chi connectivity index (χ0n) is 12.4. The number of hydrogen-bond acceptors (Lipinski definition) is 3. The number of aromatic nitrogens is 1. The van der Waals surface area contributed by atoms with Crippen LogP contribution in [0.3, 0.4) is 0 Å². The summed E-state index contributed by atoms with van der Waals surface area (Å²) < 4.78 is 5.97. The second kappa shape index (κ2) is 7.06. The number of nitrogens with zero attached hydrogens (tertiary/aromatic N) is 1. The molecular formula is C17H22N2O. The highest BCUT2D eigenvalue weighted by Crippen LogP contribution is 2.26. The SMILES string of the molecule is CCCNCc1cc(Oc2cc(C)ccc2C)ccn1. The van der Waals surface area contributed by atoms with E-state index in [4.69, 9.17) is 4.74 Å². The molecule has 0 saturated carbocycles. The zero-order valence-corrected chi connectivity index (χ0v) is 12.4. The fourth-order valence-corrected chi connectivity index (χ4v) is 1.95. The number of rotatable bonds is 6. The summed E-state index contributed by atoms with van der Waals surface area (Å²) in [5, 5.41) is 3.34. The number of nitrogens with one attached hydrogen (secondary N) is 1. The van der Waals surface area contributed by atoms with Crippen LogP contribution in [0.2, 0.25) is 0 Å². The van der Waals surface area contributed by atoms with E-state index in [0.29, 0.717) is 0 Å². The fraction of sp³-hybridized carbons (Fsp3) is 0.353. The van der Waals surface area contributed by atoms with Crippen molar-refractivity contribution in [2.75, 3.05) is 6.54 Å². The van der Waals surface area contributed by atoms with Gasteiger partial charge in [0.05, 0.1) is 5.69 Å². The van der Waals surface area contributed by atoms with Crippen molar-refractivity contribution in [2.24, 2.45) is 0 Å². The Bertz CT molecular complexity index is 567. The summed E-state index contributed by atoms with van der Waals surface area (Å²) in [5.74, 6) is 1.74. The third-order valence-electron chi connectivity index (χ3n) is 3.09. The predicted molar refractivity (Wildman–Crippen MR) is 82.2 cm³/mol. The van der Waals surface area contributed by atoms with Gasteiger partial charge in [0.2, 0.25) is 0 Å². The molecule has 3 heteroatoms. The molecule has 0 atom stereocenters. The van der Waals surface area contributed by atoms with Crippen molar-refractivity contribution in [2.45, 2.75) is 33.7 Å². The van der Waals surface area contributed by atoms with Gasteiger partial charge in [-0.3, -0.25) is 4.98 Å². The van der Waals surface area contributed by atoms with Crippen molar-refractivity contribution in [3.05, 3.63) is 53.3 Å². The van der Waals surface area contributed by atoms with Crippen LogP contribution in [0, 0.1) is 13.8 Å². The van der Waals surface area contributed by atoms with Crippen molar-refractivity contribution < 1.29 is 4.74 Å². The summed E-state index contributed by atoms with van der Waals surface area (Å²) in [6, 6.07) is 10.1. The molecule has 0 aliphatic rings. The van der Waals surface area contributed by atoms with Crippen LogP contribution in [0.1, 0.15) is 30.2 Å². The number of pyridine rings is 1. The molecular weight excluding hydrogens is 248 g/mol. The van der Waals surface area contributed by atoms with E-state index in [1.165, 1.54) is 5.56 Å². The van der Waals surface area contributed by atoms with E-state index in [1.807, 2.05) is 12.1 Å². The smallest absolute Gasteiger partial charge is 0.130 e. The average Bonchev–Trinajstić information content (AvgIpc) is 2.44. The average molecular weight is 270 g/mol. The molecule has 0 saturated heterocycles. The quantitative estimate of drug-likeness (QED) is 0.806. The van der Waals surface area contributed by atoms with Gasteiger partial charge in [0.25, 0.3) is 0 Å². The van der Waals surface area contributed by atoms with Gasteiger partial charge < -0.3 is 10.1 Å². The highest BCUT2D eigenvalue weighted by atomic mass is 16.5. The van der Waals surface area contributed by atoms with Gasteiger partial charge in [0, 0.05) is 18.8 Å². The Morgan fingerprint density at radius 1 is 1.15 bits per heavy atom. The third-order valence-corrected chi connectivity index (χ3v) is 3.09. The topological polar surface area (TPSA) is 34.1 Å². The zero-order chi connectivity index (χ0) is 14.4. The summed E-state index contributed by atoms with van der Waals surface area (Å²) in [5.41, 5.74) is 3.34. The molecule has 1 heterocycles. The normalized spacial score (nSPS) is 10.6. The molecule has 0 fully saturated rings. The molecule has 0 radical (unpaired) electrons. The minimum absolute atomic E-state index is 0.776. The maximum absolute atomic E-state index is 5.97. The summed E-state index contributed by atoms with van der Waals surface area (Å²) in [6.45, 7) is 8.06. The lowest BCUT2D eigenvalue weighted by Gasteiger charge is -2.10. The van der Waals surface area contributed by atoms with Gasteiger partial charge in [-0.05, 0) is 50.1 Å². The number of aryl methyl sites for hydroxylation is 2. The van der Waals surface area contributed by atoms with Crippen LogP contribution in [0.15, 0.2) is 36.5 Å². The molecule has 1 aromatic heterocycles. The number of hydrogen-bond donors (Lipinski definition) is 1. The first kappa shape index (κ1) is 14.5. The van der Waals surface area contributed by atoms with Gasteiger partial charge in [0.15, 0.2) is 0 Å². The molecule has 106 valence electrons. The molecule has 20 heavy (non-hydrogen) atoms. The molecule has 1 aromatic carbocycles. The first-order valence-electron chi connectivity index (χ1n) is 7.10. The Morgan fingerprint density at radius 3 is 2.80 bits per heavy atom. The van der Waals surface area contributed by atoms with E-state index in [1.54, 1.807) is 6.20 Å². The standard InChI is InChI=1S/C17H22N2O/c1-4-8-18-12-15-11-16(7-9-19-15)20-17-10-13(2)5-6-14(17)3/h5-7,9-11,18H,4,8,12H2,1-3H3. The van der Waals surface area contributed by atoms with E-state index in [2.05, 4.69) is 49.3 Å². The monoisotopic (exact) mass is 270 g/mol. The van der Waals surface area contributed by atoms with Crippen LogP contribution in [0.25, 0.3) is 0 Å². The van der Waals surface area contributed by atoms with Crippen molar-refractivity contribution in [3.8, 4) is 11.5 Å². The Balaban J connectivity index is 2.09. The molecule has 0 unspecified atom stereocenters. The molecule has 1 N–H and O–H groups in total. The van der Waals surface area contributed by atoms with E-state index in [9.17, 15) is 0 Å². The molecule has 3 nitrogen and oxygen atoms in total. The minimum Gasteiger partial charge on any atom is -0.457 e. The van der Waals surface area contributed by atoms with E-state index in [0.717, 1.165) is 42.3 Å². The van der Waals surface area contributed by atoms with E-state index < -0.39 is 0 Å². The first-order chi connectivity index (χ1) is 9.69. The summed E-state index contributed by atoms with van der Waals surface area (Å²) in [6.07, 6.45) is 2.92. The molecule has 2 rings (SSSR count). The second-order valence-corrected chi connectivity index (χ2v) is 5.03. The largest absolute Gasteiger partial charge is 0.457 e. The van der Waals surface area contributed by atoms with E-state index in [-0.39, 0.29) is 0 Å². The highest BCUT2D eigenvalue weighted by molar-refractivity contribution is 5.39. The molecule has 0 bridgehead atoms. The Labute approximate surface area is 121 Å². The van der Waals surface area contributed by atoms with Crippen LogP contribution in [0.4, 0.5) is 0 Å². The third kappa shape index (κ3) is 4.07. The summed E-state index contributed by atoms with van der Waals surface area (Å²) in [7, 11) is 0. The predicted octanol–water partition coefficient (Wildman–Crippen LogP) is 3.99. The number of ether oxygens (including phenoxy) is 1. The molecule has 2 aromatic rings. The summed E-state index contributed by atoms with van der Waals surface area (Å²) >= 11 is 0. The minimum atomic E-state index is 0.776. The van der Waals surface area contributed by atoms with E-state index >= 15 is 0 Å². The lowest BCUT2D eigenvalue weighted by molar-refractivity contribution is 0.476. The maximum atomic E-state index is 5.97. The lowest BCUT2D eigenvalue weighted by Crippen LogP contribution is -2.14. The van der Waals surface area contributed by atoms with Gasteiger partial charge in [-0.1, -0.05) is 19.1 Å². The maximum Gasteiger partial charge on any atom is 0.130 e. The van der Waals surface area contributed by atoms with Gasteiger partial charge >= 0.3 is 0 Å². The molecule has 0 spiro atoms. The summed E-state index contributed by atoms with van der Waals surface area (Å²) in [4.78, 5) is 4.35. The first-order valence-corrected chi connectivity index (χ1v) is 7.10. The van der Waals surface area contributed by atoms with Crippen LogP contribution >= 0.6 is 0 Å². The van der Waals surface area contributed by atoms with Gasteiger partial charge in [-0.15, -0.1) is 0 Å². The molecule has 0 amide bonds. The van der Waals surface area contributed by atoms with Crippen LogP contribution in [-0.4, -0.2) is 11.5 Å². The Hall–Kier alpha value is -1.87. The lowest BCUT2D eigenvalue weighted by atomic mass is 10.1. The number of benzene rings is 1. The van der Waals surface area contributed by atoms with Gasteiger partial charge in [-0.25, -0.2) is 0 Å². The van der Waals surface area contributed by atoms with Crippen LogP contribution in [0.5, 0.6) is 11.5 Å². The fourth-order valence-electron chi connectivity index (χ4n) is 1.95. The Kier molecular flexibility index (Phi) is 5.13.